The maximum absolute atomic E-state index is 5.10. The molecular formula is C3H6O3S3. The third kappa shape index (κ3) is 3.01. The molecule has 1 aliphatic rings. The first kappa shape index (κ1) is 8.03. The molecule has 0 aromatic heterocycles. The van der Waals surface area contributed by atoms with Gasteiger partial charge in [-0.15, -0.1) is 0 Å². The highest BCUT2D eigenvalue weighted by molar-refractivity contribution is 8.12. The van der Waals surface area contributed by atoms with E-state index >= 15 is 0 Å². The second-order valence-electron chi connectivity index (χ2n) is 1.84. The minimum atomic E-state index is -0.325. The summed E-state index contributed by atoms with van der Waals surface area (Å²) in [4.78, 5) is -0.325. The van der Waals surface area contributed by atoms with Gasteiger partial charge in [0.1, 0.15) is 0 Å². The second-order valence-corrected chi connectivity index (χ2v) is 4.52. The van der Waals surface area contributed by atoms with Gasteiger partial charge >= 0.3 is 0 Å². The lowest BCUT2D eigenvalue weighted by molar-refractivity contribution is 0.235. The zero-order chi connectivity index (χ0) is 6.74. The zero-order valence-corrected chi connectivity index (χ0v) is 7.40. The molecule has 0 radical (unpaired) electrons. The van der Waals surface area contributed by atoms with Gasteiger partial charge in [-0.05, 0) is 13.8 Å². The van der Waals surface area contributed by atoms with Gasteiger partial charge in [-0.3, -0.25) is 4.18 Å². The first-order valence-corrected chi connectivity index (χ1v) is 4.32. The third-order valence-corrected chi connectivity index (χ3v) is 2.57. The molecule has 0 spiro atoms. The average Bonchev–Trinajstić information content (AvgIpc) is 1.92. The van der Waals surface area contributed by atoms with E-state index in [9.17, 15) is 0 Å². The molecule has 0 atom stereocenters. The van der Waals surface area contributed by atoms with E-state index in [0.29, 0.717) is 0 Å². The molecule has 1 heterocycles. The van der Waals surface area contributed by atoms with Gasteiger partial charge in [-0.25, -0.2) is 3.63 Å². The molecule has 1 fully saturated rings. The van der Waals surface area contributed by atoms with Crippen molar-refractivity contribution in [3.05, 3.63) is 0 Å². The van der Waals surface area contributed by atoms with Crippen LogP contribution in [-0.4, -0.2) is 4.93 Å². The fourth-order valence-electron chi connectivity index (χ4n) is 0.228. The van der Waals surface area contributed by atoms with Crippen molar-refractivity contribution in [1.29, 1.82) is 0 Å². The van der Waals surface area contributed by atoms with E-state index in [-0.39, 0.29) is 4.93 Å². The Labute approximate surface area is 67.2 Å². The van der Waals surface area contributed by atoms with Crippen molar-refractivity contribution in [2.75, 3.05) is 0 Å². The predicted molar refractivity (Wildman–Crippen MR) is 40.1 cm³/mol. The van der Waals surface area contributed by atoms with E-state index in [1.54, 1.807) is 0 Å². The van der Waals surface area contributed by atoms with Crippen molar-refractivity contribution in [2.24, 2.45) is 0 Å². The van der Waals surface area contributed by atoms with Crippen molar-refractivity contribution in [1.82, 2.24) is 0 Å². The van der Waals surface area contributed by atoms with Crippen molar-refractivity contribution < 1.29 is 11.4 Å². The third-order valence-electron chi connectivity index (χ3n) is 0.553. The summed E-state index contributed by atoms with van der Waals surface area (Å²) in [5.41, 5.74) is 0. The second kappa shape index (κ2) is 3.36. The molecule has 54 valence electrons. The van der Waals surface area contributed by atoms with Gasteiger partial charge in [0.15, 0.2) is 29.6 Å². The number of hydrogen-bond donors (Lipinski definition) is 0. The van der Waals surface area contributed by atoms with E-state index in [4.69, 9.17) is 11.4 Å². The van der Waals surface area contributed by atoms with Crippen molar-refractivity contribution in [3.8, 4) is 0 Å². The summed E-state index contributed by atoms with van der Waals surface area (Å²) < 4.78 is 14.7. The largest absolute Gasteiger partial charge is 0.271 e. The van der Waals surface area contributed by atoms with Crippen LogP contribution in [0.25, 0.3) is 0 Å². The van der Waals surface area contributed by atoms with Crippen molar-refractivity contribution in [3.63, 3.8) is 0 Å². The molecule has 6 heteroatoms. The topological polar surface area (TPSA) is 27.7 Å². The van der Waals surface area contributed by atoms with Gasteiger partial charge < -0.3 is 0 Å². The van der Waals surface area contributed by atoms with Crippen LogP contribution >= 0.6 is 36.7 Å². The molecule has 0 N–H and O–H groups in total. The first-order valence-electron chi connectivity index (χ1n) is 2.24. The highest BCUT2D eigenvalue weighted by Crippen LogP contribution is 2.40. The van der Waals surface area contributed by atoms with Crippen LogP contribution in [0.3, 0.4) is 0 Å². The van der Waals surface area contributed by atoms with Crippen LogP contribution in [0.1, 0.15) is 13.8 Å². The highest BCUT2D eigenvalue weighted by Gasteiger charge is 2.25. The molecule has 1 saturated heterocycles. The fraction of sp³-hybridized carbons (Fsp3) is 1.00. The van der Waals surface area contributed by atoms with E-state index in [0.717, 1.165) is 24.6 Å². The molecule has 9 heavy (non-hydrogen) atoms. The Morgan fingerprint density at radius 1 is 1.11 bits per heavy atom. The van der Waals surface area contributed by atoms with Crippen LogP contribution in [0.4, 0.5) is 0 Å². The highest BCUT2D eigenvalue weighted by atomic mass is 32.3. The maximum atomic E-state index is 5.10. The lowest BCUT2D eigenvalue weighted by Gasteiger charge is -2.15. The summed E-state index contributed by atoms with van der Waals surface area (Å²) in [6.07, 6.45) is 0. The fourth-order valence-corrected chi connectivity index (χ4v) is 1.85. The Morgan fingerprint density at radius 2 is 1.89 bits per heavy atom. The van der Waals surface area contributed by atoms with E-state index in [2.05, 4.69) is 0 Å². The summed E-state index contributed by atoms with van der Waals surface area (Å²) in [5.74, 6) is 0. The summed E-state index contributed by atoms with van der Waals surface area (Å²) in [5, 5.41) is 0. The van der Waals surface area contributed by atoms with Crippen LogP contribution < -0.4 is 0 Å². The van der Waals surface area contributed by atoms with Gasteiger partial charge in [0.05, 0.1) is 0 Å². The van der Waals surface area contributed by atoms with E-state index < -0.39 is 0 Å². The quantitative estimate of drug-likeness (QED) is 0.540. The lowest BCUT2D eigenvalue weighted by Crippen LogP contribution is -2.13. The predicted octanol–water partition coefficient (Wildman–Crippen LogP) is 2.56. The Balaban J connectivity index is 2.36. The molecule has 0 amide bonds. The maximum Gasteiger partial charge on any atom is 0.186 e. The number of hydrogen-bond acceptors (Lipinski definition) is 6. The van der Waals surface area contributed by atoms with Crippen LogP contribution in [0, 0.1) is 0 Å². The minimum Gasteiger partial charge on any atom is -0.271 e. The molecule has 0 saturated carbocycles. The molecule has 1 rings (SSSR count). The SMILES string of the molecule is CC1(C)OSOSOS1. The Morgan fingerprint density at radius 3 is 2.67 bits per heavy atom. The van der Waals surface area contributed by atoms with Crippen LogP contribution in [0.2, 0.25) is 0 Å². The van der Waals surface area contributed by atoms with Gasteiger partial charge in [-0.2, -0.15) is 3.63 Å². The average molecular weight is 186 g/mol. The Kier molecular flexibility index (Phi) is 3.00. The molecule has 3 nitrogen and oxygen atoms in total. The van der Waals surface area contributed by atoms with E-state index in [1.807, 2.05) is 13.8 Å². The molecule has 0 bridgehead atoms. The summed E-state index contributed by atoms with van der Waals surface area (Å²) >= 11 is 3.09. The van der Waals surface area contributed by atoms with Gasteiger partial charge in [0, 0.05) is 12.0 Å². The Bertz CT molecular complexity index is 86.3. The lowest BCUT2D eigenvalue weighted by atomic mass is 10.5. The van der Waals surface area contributed by atoms with Crippen LogP contribution in [-0.2, 0) is 11.4 Å². The first-order chi connectivity index (χ1) is 4.21. The summed E-state index contributed by atoms with van der Waals surface area (Å²) in [6, 6.07) is 0. The minimum absolute atomic E-state index is 0.325. The Hall–Kier alpha value is 0.930. The van der Waals surface area contributed by atoms with Crippen LogP contribution in [0.15, 0.2) is 0 Å². The molecule has 0 aliphatic carbocycles. The molecular weight excluding hydrogens is 180 g/mol. The van der Waals surface area contributed by atoms with Gasteiger partial charge in [0.25, 0.3) is 0 Å². The summed E-state index contributed by atoms with van der Waals surface area (Å²) in [7, 11) is 0. The molecule has 1 aliphatic heterocycles. The number of rotatable bonds is 0. The van der Waals surface area contributed by atoms with Crippen molar-refractivity contribution >= 4 is 36.7 Å². The van der Waals surface area contributed by atoms with Crippen molar-refractivity contribution in [2.45, 2.75) is 18.8 Å². The van der Waals surface area contributed by atoms with Gasteiger partial charge in [-0.1, -0.05) is 0 Å². The summed E-state index contributed by atoms with van der Waals surface area (Å²) in [6.45, 7) is 3.81. The molecule has 0 aromatic rings. The zero-order valence-electron chi connectivity index (χ0n) is 4.95. The standard InChI is InChI=1S/C3H6O3S3/c1-3(2)4-8-6-9-5-7-3/h1-2H3. The molecule has 0 aromatic carbocycles. The van der Waals surface area contributed by atoms with Gasteiger partial charge in [0.2, 0.25) is 0 Å². The van der Waals surface area contributed by atoms with Crippen LogP contribution in [0.5, 0.6) is 0 Å². The monoisotopic (exact) mass is 186 g/mol. The normalized spacial score (nSPS) is 27.3. The molecule has 0 unspecified atom stereocenters. The van der Waals surface area contributed by atoms with E-state index in [1.165, 1.54) is 12.0 Å². The smallest absolute Gasteiger partial charge is 0.186 e.